The van der Waals surface area contributed by atoms with Crippen molar-refractivity contribution in [2.45, 2.75) is 65.5 Å². The number of nitrogens with one attached hydrogen (secondary N) is 1. The van der Waals surface area contributed by atoms with Crippen molar-refractivity contribution < 1.29 is 14.3 Å². The van der Waals surface area contributed by atoms with Crippen LogP contribution in [0.1, 0.15) is 53.9 Å². The van der Waals surface area contributed by atoms with Crippen LogP contribution in [0.5, 0.6) is 0 Å². The van der Waals surface area contributed by atoms with Crippen LogP contribution < -0.4 is 5.32 Å². The summed E-state index contributed by atoms with van der Waals surface area (Å²) in [7, 11) is 0. The first-order chi connectivity index (χ1) is 8.23. The molecule has 1 saturated carbocycles. The number of carbonyl (C=O) groups excluding carboxylic acids is 2. The minimum atomic E-state index is -0.531. The van der Waals surface area contributed by atoms with Gasteiger partial charge in [-0.3, -0.25) is 4.79 Å². The van der Waals surface area contributed by atoms with Crippen molar-refractivity contribution >= 4 is 11.9 Å². The molecule has 104 valence electrons. The van der Waals surface area contributed by atoms with Crippen LogP contribution in [0.15, 0.2) is 0 Å². The largest absolute Gasteiger partial charge is 0.444 e. The molecule has 0 aromatic heterocycles. The summed E-state index contributed by atoms with van der Waals surface area (Å²) in [6, 6.07) is -0.460. The molecule has 1 rings (SSSR count). The van der Waals surface area contributed by atoms with Crippen LogP contribution in [0.4, 0.5) is 4.79 Å². The molecule has 0 radical (unpaired) electrons. The predicted octanol–water partition coefficient (Wildman–Crippen LogP) is 2.90. The third kappa shape index (κ3) is 5.07. The highest BCUT2D eigenvalue weighted by atomic mass is 16.6. The van der Waals surface area contributed by atoms with E-state index in [4.69, 9.17) is 4.74 Å². The molecule has 4 heteroatoms. The highest BCUT2D eigenvalue weighted by Gasteiger charge is 2.37. The Kier molecular flexibility index (Phi) is 4.77. The van der Waals surface area contributed by atoms with E-state index in [1.165, 1.54) is 0 Å². The standard InChI is InChI=1S/C14H25NO3/c1-6-10-7-11(10)8-12(16)9(2)15-13(17)18-14(3,4)5/h9-11H,6-8H2,1-5H3,(H,15,17)/t9-,10?,11?/m0/s1. The summed E-state index contributed by atoms with van der Waals surface area (Å²) in [4.78, 5) is 23.4. The number of rotatable bonds is 5. The molecule has 1 N–H and O–H groups in total. The van der Waals surface area contributed by atoms with Crippen LogP contribution >= 0.6 is 0 Å². The average Bonchev–Trinajstić information content (AvgIpc) is 2.93. The van der Waals surface area contributed by atoms with E-state index in [1.54, 1.807) is 27.7 Å². The second-order valence-corrected chi connectivity index (χ2v) is 6.20. The van der Waals surface area contributed by atoms with Gasteiger partial charge in [-0.05, 0) is 46.0 Å². The molecule has 0 aliphatic heterocycles. The lowest BCUT2D eigenvalue weighted by atomic mass is 10.1. The smallest absolute Gasteiger partial charge is 0.408 e. The van der Waals surface area contributed by atoms with Crippen molar-refractivity contribution in [1.29, 1.82) is 0 Å². The van der Waals surface area contributed by atoms with Gasteiger partial charge in [-0.2, -0.15) is 0 Å². The van der Waals surface area contributed by atoms with E-state index < -0.39 is 17.7 Å². The van der Waals surface area contributed by atoms with Gasteiger partial charge in [0.1, 0.15) is 5.60 Å². The Labute approximate surface area is 109 Å². The van der Waals surface area contributed by atoms with E-state index >= 15 is 0 Å². The monoisotopic (exact) mass is 255 g/mol. The second kappa shape index (κ2) is 5.72. The fraction of sp³-hybridized carbons (Fsp3) is 0.857. The molecule has 0 saturated heterocycles. The van der Waals surface area contributed by atoms with E-state index in [0.717, 1.165) is 12.8 Å². The molecular weight excluding hydrogens is 230 g/mol. The zero-order valence-corrected chi connectivity index (χ0v) is 12.1. The Hall–Kier alpha value is -1.06. The van der Waals surface area contributed by atoms with Gasteiger partial charge in [-0.15, -0.1) is 0 Å². The van der Waals surface area contributed by atoms with Crippen LogP contribution in [0.3, 0.4) is 0 Å². The molecule has 1 amide bonds. The fourth-order valence-corrected chi connectivity index (χ4v) is 2.06. The fourth-order valence-electron chi connectivity index (χ4n) is 2.06. The molecule has 1 fully saturated rings. The van der Waals surface area contributed by atoms with Crippen LogP contribution in [0, 0.1) is 11.8 Å². The van der Waals surface area contributed by atoms with Crippen LogP contribution in [-0.4, -0.2) is 23.5 Å². The minimum absolute atomic E-state index is 0.0989. The second-order valence-electron chi connectivity index (χ2n) is 6.20. The molecule has 0 aromatic carbocycles. The molecule has 0 spiro atoms. The summed E-state index contributed by atoms with van der Waals surface area (Å²) in [5, 5.41) is 2.59. The van der Waals surface area contributed by atoms with Crippen molar-refractivity contribution in [3.63, 3.8) is 0 Å². The van der Waals surface area contributed by atoms with Gasteiger partial charge in [0.25, 0.3) is 0 Å². The Balaban J connectivity index is 2.29. The first-order valence-corrected chi connectivity index (χ1v) is 6.75. The number of Topliss-reactive ketones (excluding diaryl/α,β-unsaturated/α-hetero) is 1. The molecule has 1 aliphatic rings. The van der Waals surface area contributed by atoms with E-state index in [2.05, 4.69) is 12.2 Å². The first-order valence-electron chi connectivity index (χ1n) is 6.75. The average molecular weight is 255 g/mol. The lowest BCUT2D eigenvalue weighted by molar-refractivity contribution is -0.121. The number of hydrogen-bond acceptors (Lipinski definition) is 3. The summed E-state index contributed by atoms with van der Waals surface area (Å²) in [5.41, 5.74) is -0.531. The molecular formula is C14H25NO3. The van der Waals surface area contributed by atoms with Crippen molar-refractivity contribution in [2.24, 2.45) is 11.8 Å². The number of carbonyl (C=O) groups is 2. The quantitative estimate of drug-likeness (QED) is 0.821. The third-order valence-electron chi connectivity index (χ3n) is 3.27. The number of ketones is 1. The Morgan fingerprint density at radius 1 is 1.33 bits per heavy atom. The van der Waals surface area contributed by atoms with Crippen molar-refractivity contribution in [3.05, 3.63) is 0 Å². The molecule has 0 bridgehead atoms. The summed E-state index contributed by atoms with van der Waals surface area (Å²) >= 11 is 0. The van der Waals surface area contributed by atoms with Gasteiger partial charge in [-0.1, -0.05) is 13.3 Å². The van der Waals surface area contributed by atoms with Crippen molar-refractivity contribution in [2.75, 3.05) is 0 Å². The minimum Gasteiger partial charge on any atom is -0.444 e. The van der Waals surface area contributed by atoms with Gasteiger partial charge in [0.05, 0.1) is 6.04 Å². The van der Waals surface area contributed by atoms with Crippen LogP contribution in [-0.2, 0) is 9.53 Å². The Morgan fingerprint density at radius 3 is 2.39 bits per heavy atom. The summed E-state index contributed by atoms with van der Waals surface area (Å²) in [6.45, 7) is 9.27. The third-order valence-corrected chi connectivity index (χ3v) is 3.27. The lowest BCUT2D eigenvalue weighted by Gasteiger charge is -2.21. The van der Waals surface area contributed by atoms with E-state index in [-0.39, 0.29) is 5.78 Å². The number of amides is 1. The summed E-state index contributed by atoms with van der Waals surface area (Å²) in [6.07, 6.45) is 2.36. The zero-order chi connectivity index (χ0) is 13.9. The molecule has 3 atom stereocenters. The molecule has 1 aliphatic carbocycles. The van der Waals surface area contributed by atoms with E-state index in [9.17, 15) is 9.59 Å². The maximum atomic E-state index is 11.9. The van der Waals surface area contributed by atoms with Gasteiger partial charge in [0.2, 0.25) is 0 Å². The number of hydrogen-bond donors (Lipinski definition) is 1. The molecule has 2 unspecified atom stereocenters. The van der Waals surface area contributed by atoms with Crippen molar-refractivity contribution in [3.8, 4) is 0 Å². The maximum Gasteiger partial charge on any atom is 0.408 e. The number of alkyl carbamates (subject to hydrolysis) is 1. The SMILES string of the molecule is CCC1CC1CC(=O)[C@H](C)NC(=O)OC(C)(C)C. The van der Waals surface area contributed by atoms with Gasteiger partial charge < -0.3 is 10.1 Å². The van der Waals surface area contributed by atoms with Gasteiger partial charge in [0, 0.05) is 6.42 Å². The summed E-state index contributed by atoms with van der Waals surface area (Å²) < 4.78 is 5.12. The molecule has 0 heterocycles. The Morgan fingerprint density at radius 2 is 1.94 bits per heavy atom. The highest BCUT2D eigenvalue weighted by Crippen LogP contribution is 2.43. The normalized spacial score (nSPS) is 24.3. The van der Waals surface area contributed by atoms with Crippen LogP contribution in [0.2, 0.25) is 0 Å². The molecule has 4 nitrogen and oxygen atoms in total. The maximum absolute atomic E-state index is 11.9. The topological polar surface area (TPSA) is 55.4 Å². The Bertz CT molecular complexity index is 319. The highest BCUT2D eigenvalue weighted by molar-refractivity contribution is 5.87. The lowest BCUT2D eigenvalue weighted by Crippen LogP contribution is -2.41. The van der Waals surface area contributed by atoms with E-state index in [1.807, 2.05) is 0 Å². The van der Waals surface area contributed by atoms with Crippen LogP contribution in [0.25, 0.3) is 0 Å². The van der Waals surface area contributed by atoms with Gasteiger partial charge in [-0.25, -0.2) is 4.79 Å². The number of ether oxygens (including phenoxy) is 1. The summed E-state index contributed by atoms with van der Waals surface area (Å²) in [5.74, 6) is 1.34. The van der Waals surface area contributed by atoms with Gasteiger partial charge >= 0.3 is 6.09 Å². The first kappa shape index (κ1) is 15.0. The van der Waals surface area contributed by atoms with Crippen molar-refractivity contribution in [1.82, 2.24) is 5.32 Å². The zero-order valence-electron chi connectivity index (χ0n) is 12.1. The van der Waals surface area contributed by atoms with Gasteiger partial charge in [0.15, 0.2) is 5.78 Å². The molecule has 0 aromatic rings. The predicted molar refractivity (Wildman–Crippen MR) is 70.3 cm³/mol. The van der Waals surface area contributed by atoms with E-state index in [0.29, 0.717) is 18.3 Å². The molecule has 18 heavy (non-hydrogen) atoms.